The number of rotatable bonds is 23. The molecule has 3 N–H and O–H groups in total. The van der Waals surface area contributed by atoms with Gasteiger partial charge in [0.2, 0.25) is 0 Å². The van der Waals surface area contributed by atoms with Crippen molar-refractivity contribution >= 4 is 0 Å². The van der Waals surface area contributed by atoms with Gasteiger partial charge < -0.3 is 44.4 Å². The number of hydrogen-bond donors (Lipinski definition) is 3. The fourth-order valence-electron chi connectivity index (χ4n) is 10.8. The van der Waals surface area contributed by atoms with Gasteiger partial charge in [0.05, 0.1) is 21.3 Å². The summed E-state index contributed by atoms with van der Waals surface area (Å²) in [5.74, 6) is 5.41. The topological polar surface area (TPSA) is 91.5 Å². The molecule has 0 amide bonds. The van der Waals surface area contributed by atoms with Crippen LogP contribution in [0.1, 0.15) is 120 Å². The predicted molar refractivity (Wildman–Crippen MR) is 275 cm³/mol. The van der Waals surface area contributed by atoms with Crippen molar-refractivity contribution < 1.29 is 28.4 Å². The van der Waals surface area contributed by atoms with E-state index in [1.54, 1.807) is 21.3 Å². The Morgan fingerprint density at radius 3 is 1.10 bits per heavy atom. The molecule has 362 valence electrons. The van der Waals surface area contributed by atoms with Gasteiger partial charge in [-0.3, -0.25) is 0 Å². The first-order chi connectivity index (χ1) is 34.0. The predicted octanol–water partition coefficient (Wildman–Crippen LogP) is 12.1. The van der Waals surface area contributed by atoms with Gasteiger partial charge in [0.1, 0.15) is 19.8 Å². The Kier molecular flexibility index (Phi) is 16.7. The monoisotopic (exact) mass is 930 g/mol. The largest absolute Gasteiger partial charge is 0.493 e. The highest BCUT2D eigenvalue weighted by molar-refractivity contribution is 5.52. The lowest BCUT2D eigenvalue weighted by molar-refractivity contribution is 0.281. The van der Waals surface area contributed by atoms with Crippen LogP contribution < -0.4 is 44.4 Å². The van der Waals surface area contributed by atoms with Gasteiger partial charge in [0.25, 0.3) is 0 Å². The lowest BCUT2D eigenvalue weighted by Crippen LogP contribution is -2.31. The van der Waals surface area contributed by atoms with Crippen LogP contribution in [0.5, 0.6) is 34.5 Å². The molecule has 3 heterocycles. The third kappa shape index (κ3) is 12.4. The molecule has 9 heteroatoms. The zero-order chi connectivity index (χ0) is 47.2. The quantitative estimate of drug-likeness (QED) is 0.0543. The van der Waals surface area contributed by atoms with Crippen LogP contribution in [0.15, 0.2) is 127 Å². The van der Waals surface area contributed by atoms with Gasteiger partial charge in [0.15, 0.2) is 34.5 Å². The molecule has 9 rings (SSSR count). The van der Waals surface area contributed by atoms with Gasteiger partial charge in [-0.05, 0) is 163 Å². The Bertz CT molecular complexity index is 2440. The second-order valence-electron chi connectivity index (χ2n) is 19.0. The Balaban J connectivity index is 0.896. The smallest absolute Gasteiger partial charge is 0.162 e. The van der Waals surface area contributed by atoms with Crippen LogP contribution in [-0.4, -0.2) is 41.0 Å². The van der Waals surface area contributed by atoms with Gasteiger partial charge in [-0.25, -0.2) is 0 Å². The van der Waals surface area contributed by atoms with E-state index in [2.05, 4.69) is 125 Å². The average molecular weight is 930 g/mol. The summed E-state index contributed by atoms with van der Waals surface area (Å²) in [4.78, 5) is 0. The number of unbranched alkanes of at least 4 members (excludes halogenated alkanes) is 1. The van der Waals surface area contributed by atoms with Crippen molar-refractivity contribution in [3.8, 4) is 34.5 Å². The SMILES string of the molecule is COc1cc2c(cc1OCc1ccccc1)C(CCCCC(CCC1NCCc3cc(OC)c(OCc4ccccc4)cc31)CCC1NCCc3cc(OC)c(OCc4ccccc4)cc31)NCC2. The zero-order valence-corrected chi connectivity index (χ0v) is 40.9. The molecule has 0 saturated carbocycles. The van der Waals surface area contributed by atoms with Crippen LogP contribution >= 0.6 is 0 Å². The average Bonchev–Trinajstić information content (AvgIpc) is 3.40. The van der Waals surface area contributed by atoms with Crippen molar-refractivity contribution in [3.05, 3.63) is 177 Å². The highest BCUT2D eigenvalue weighted by Gasteiger charge is 2.28. The molecule has 3 atom stereocenters. The molecule has 69 heavy (non-hydrogen) atoms. The Hall–Kier alpha value is -6.00. The van der Waals surface area contributed by atoms with Gasteiger partial charge in [-0.2, -0.15) is 0 Å². The number of methoxy groups -OCH3 is 3. The minimum Gasteiger partial charge on any atom is -0.493 e. The molecular formula is C60H71N3O6. The number of hydrogen-bond acceptors (Lipinski definition) is 9. The van der Waals surface area contributed by atoms with Crippen LogP contribution in [0.2, 0.25) is 0 Å². The molecule has 0 spiro atoms. The number of benzene rings is 6. The molecular weight excluding hydrogens is 859 g/mol. The molecule has 6 aromatic rings. The second kappa shape index (κ2) is 24.0. The molecule has 0 radical (unpaired) electrons. The van der Waals surface area contributed by atoms with Crippen LogP contribution in [0.3, 0.4) is 0 Å². The van der Waals surface area contributed by atoms with Gasteiger partial charge in [-0.15, -0.1) is 0 Å². The molecule has 9 nitrogen and oxygen atoms in total. The van der Waals surface area contributed by atoms with Gasteiger partial charge >= 0.3 is 0 Å². The van der Waals surface area contributed by atoms with E-state index in [1.807, 2.05) is 18.2 Å². The highest BCUT2D eigenvalue weighted by Crippen LogP contribution is 2.42. The maximum atomic E-state index is 6.44. The Labute approximate surface area is 410 Å². The Morgan fingerprint density at radius 2 is 0.754 bits per heavy atom. The third-order valence-electron chi connectivity index (χ3n) is 14.6. The third-order valence-corrected chi connectivity index (χ3v) is 14.6. The summed E-state index contributed by atoms with van der Waals surface area (Å²) in [5, 5.41) is 11.7. The number of ether oxygens (including phenoxy) is 6. The van der Waals surface area contributed by atoms with E-state index in [4.69, 9.17) is 28.4 Å². The van der Waals surface area contributed by atoms with Crippen molar-refractivity contribution in [3.63, 3.8) is 0 Å². The summed E-state index contributed by atoms with van der Waals surface area (Å²) in [7, 11) is 5.23. The molecule has 3 aliphatic heterocycles. The molecule has 0 saturated heterocycles. The Morgan fingerprint density at radius 1 is 0.406 bits per heavy atom. The van der Waals surface area contributed by atoms with Crippen LogP contribution in [0.4, 0.5) is 0 Å². The van der Waals surface area contributed by atoms with E-state index in [9.17, 15) is 0 Å². The molecule has 3 aliphatic rings. The fraction of sp³-hybridized carbons (Fsp3) is 0.400. The fourth-order valence-corrected chi connectivity index (χ4v) is 10.8. The summed E-state index contributed by atoms with van der Waals surface area (Å²) in [6, 6.07) is 45.2. The van der Waals surface area contributed by atoms with Crippen molar-refractivity contribution in [2.24, 2.45) is 5.92 Å². The standard InChI is InChI=1S/C60H71N3O6/c1-64-55-33-46-27-30-61-52(49(46)36-58(55)67-39-43-16-7-4-8-17-43)22-14-13-15-42(23-25-53-50-37-59(68-40-44-18-9-5-10-19-44)56(65-2)34-47(50)28-31-62-53)24-26-54-51-38-60(69-41-45-20-11-6-12-21-45)57(66-3)35-48(51)29-32-63-54/h4-12,16-21,33-38,42,52-54,61-63H,13-15,22-32,39-41H2,1-3H3. The van der Waals surface area contributed by atoms with E-state index in [-0.39, 0.29) is 18.1 Å². The highest BCUT2D eigenvalue weighted by atomic mass is 16.5. The molecule has 0 fully saturated rings. The van der Waals surface area contributed by atoms with Gasteiger partial charge in [-0.1, -0.05) is 110 Å². The number of fused-ring (bicyclic) bond motifs is 3. The zero-order valence-electron chi connectivity index (χ0n) is 40.9. The molecule has 0 aromatic heterocycles. The van der Waals surface area contributed by atoms with Crippen LogP contribution in [-0.2, 0) is 39.1 Å². The summed E-state index contributed by atoms with van der Waals surface area (Å²) in [5.41, 5.74) is 11.5. The minimum absolute atomic E-state index is 0.254. The number of nitrogens with one attached hydrogen (secondary N) is 3. The van der Waals surface area contributed by atoms with Gasteiger partial charge in [0, 0.05) is 18.1 Å². The van der Waals surface area contributed by atoms with Crippen molar-refractivity contribution in [2.45, 2.75) is 109 Å². The molecule has 3 unspecified atom stereocenters. The summed E-state index contributed by atoms with van der Waals surface area (Å²) in [6.07, 6.45) is 12.0. The molecule has 6 aromatic carbocycles. The first-order valence-corrected chi connectivity index (χ1v) is 25.4. The van der Waals surface area contributed by atoms with Crippen molar-refractivity contribution in [2.75, 3.05) is 41.0 Å². The van der Waals surface area contributed by atoms with E-state index in [0.29, 0.717) is 25.7 Å². The van der Waals surface area contributed by atoms with E-state index < -0.39 is 0 Å². The first kappa shape index (κ1) is 48.0. The second-order valence-corrected chi connectivity index (χ2v) is 19.0. The van der Waals surface area contributed by atoms with E-state index in [1.165, 1.54) is 46.2 Å². The summed E-state index contributed by atoms with van der Waals surface area (Å²) in [6.45, 7) is 4.39. The minimum atomic E-state index is 0.254. The van der Waals surface area contributed by atoms with Crippen LogP contribution in [0, 0.1) is 5.92 Å². The van der Waals surface area contributed by atoms with Crippen molar-refractivity contribution in [1.29, 1.82) is 0 Å². The lowest BCUT2D eigenvalue weighted by atomic mass is 9.83. The summed E-state index contributed by atoms with van der Waals surface area (Å²) >= 11 is 0. The summed E-state index contributed by atoms with van der Waals surface area (Å²) < 4.78 is 36.9. The lowest BCUT2D eigenvalue weighted by Gasteiger charge is -2.31. The molecule has 0 aliphatic carbocycles. The first-order valence-electron chi connectivity index (χ1n) is 25.4. The van der Waals surface area contributed by atoms with Crippen molar-refractivity contribution in [1.82, 2.24) is 16.0 Å². The van der Waals surface area contributed by atoms with E-state index in [0.717, 1.165) is 129 Å². The van der Waals surface area contributed by atoms with Crippen LogP contribution in [0.25, 0.3) is 0 Å². The maximum absolute atomic E-state index is 6.44. The normalized spacial score (nSPS) is 17.7. The maximum Gasteiger partial charge on any atom is 0.162 e. The molecule has 0 bridgehead atoms. The van der Waals surface area contributed by atoms with E-state index >= 15 is 0 Å².